The van der Waals surface area contributed by atoms with Crippen molar-refractivity contribution in [1.29, 1.82) is 0 Å². The average Bonchev–Trinajstić information content (AvgIpc) is 2.59. The van der Waals surface area contributed by atoms with Crippen molar-refractivity contribution in [3.8, 4) is 0 Å². The summed E-state index contributed by atoms with van der Waals surface area (Å²) in [7, 11) is -1.69. The van der Waals surface area contributed by atoms with E-state index in [1.54, 1.807) is 18.5 Å². The van der Waals surface area contributed by atoms with Gasteiger partial charge in [-0.05, 0) is 20.8 Å². The predicted octanol–water partition coefficient (Wildman–Crippen LogP) is 0.821. The maximum atomic E-state index is 11.6. The minimum Gasteiger partial charge on any atom is -0.469 e. The van der Waals surface area contributed by atoms with Crippen LogP contribution >= 0.6 is 0 Å². The first kappa shape index (κ1) is 15.7. The second-order valence-electron chi connectivity index (χ2n) is 4.68. The first-order chi connectivity index (χ1) is 8.67. The van der Waals surface area contributed by atoms with Crippen molar-refractivity contribution >= 4 is 15.8 Å². The van der Waals surface area contributed by atoms with Gasteiger partial charge in [0.25, 0.3) is 0 Å². The summed E-state index contributed by atoms with van der Waals surface area (Å²) in [4.78, 5) is 11.6. The molecule has 0 aliphatic carbocycles. The van der Waals surface area contributed by atoms with E-state index < -0.39 is 15.8 Å². The van der Waals surface area contributed by atoms with Crippen molar-refractivity contribution in [2.24, 2.45) is 0 Å². The lowest BCUT2D eigenvalue weighted by molar-refractivity contribution is -0.142. The number of hydrogen-bond donors (Lipinski definition) is 0. The third-order valence-corrected chi connectivity index (χ3v) is 4.02. The van der Waals surface area contributed by atoms with Crippen LogP contribution < -0.4 is 0 Å². The number of methoxy groups -OCH3 is 1. The van der Waals surface area contributed by atoms with Crippen LogP contribution in [0.15, 0.2) is 0 Å². The maximum absolute atomic E-state index is 11.6. The second-order valence-corrected chi connectivity index (χ2v) is 6.94. The fraction of sp³-hybridized carbons (Fsp3) is 0.667. The van der Waals surface area contributed by atoms with E-state index in [1.807, 2.05) is 6.92 Å². The highest BCUT2D eigenvalue weighted by molar-refractivity contribution is 7.90. The Morgan fingerprint density at radius 1 is 1.42 bits per heavy atom. The molecule has 19 heavy (non-hydrogen) atoms. The fourth-order valence-electron chi connectivity index (χ4n) is 2.10. The van der Waals surface area contributed by atoms with Crippen LogP contribution in [0.1, 0.15) is 29.8 Å². The van der Waals surface area contributed by atoms with Gasteiger partial charge in [0.1, 0.15) is 9.84 Å². The number of esters is 1. The van der Waals surface area contributed by atoms with Crippen molar-refractivity contribution in [2.75, 3.05) is 19.1 Å². The van der Waals surface area contributed by atoms with Gasteiger partial charge in [0.15, 0.2) is 0 Å². The molecule has 0 aliphatic rings. The molecule has 0 aliphatic heterocycles. The van der Waals surface area contributed by atoms with Gasteiger partial charge in [0, 0.05) is 17.5 Å². The van der Waals surface area contributed by atoms with Crippen LogP contribution in [0.25, 0.3) is 0 Å². The number of carbonyl (C=O) groups is 1. The first-order valence-electron chi connectivity index (χ1n) is 5.96. The molecule has 0 amide bonds. The zero-order valence-corrected chi connectivity index (χ0v) is 12.7. The molecule has 1 aromatic heterocycles. The van der Waals surface area contributed by atoms with E-state index in [0.717, 1.165) is 17.0 Å². The molecule has 0 spiro atoms. The minimum atomic E-state index is -3.04. The van der Waals surface area contributed by atoms with Crippen molar-refractivity contribution in [1.82, 2.24) is 9.78 Å². The van der Waals surface area contributed by atoms with Crippen LogP contribution in [0, 0.1) is 13.8 Å². The average molecular weight is 288 g/mol. The van der Waals surface area contributed by atoms with E-state index in [1.165, 1.54) is 13.4 Å². The summed E-state index contributed by atoms with van der Waals surface area (Å²) in [6.07, 6.45) is 1.19. The number of nitrogens with zero attached hydrogens (tertiary/aromatic N) is 2. The van der Waals surface area contributed by atoms with Gasteiger partial charge in [0.2, 0.25) is 0 Å². The standard InChI is InChI=1S/C12H20N2O4S/c1-8(12(15)18-4)11-9(2)13-14(10(11)3)6-7-19(5,16)17/h8H,6-7H2,1-5H3. The molecule has 108 valence electrons. The summed E-state index contributed by atoms with van der Waals surface area (Å²) in [6, 6.07) is 0. The summed E-state index contributed by atoms with van der Waals surface area (Å²) < 4.78 is 28.7. The molecule has 1 aromatic rings. The van der Waals surface area contributed by atoms with Crippen LogP contribution in [0.3, 0.4) is 0 Å². The molecule has 0 fully saturated rings. The molecule has 1 unspecified atom stereocenters. The monoisotopic (exact) mass is 288 g/mol. The van der Waals surface area contributed by atoms with Gasteiger partial charge in [0.05, 0.1) is 31.0 Å². The number of aryl methyl sites for hydroxylation is 2. The fourth-order valence-corrected chi connectivity index (χ4v) is 2.61. The van der Waals surface area contributed by atoms with Crippen molar-refractivity contribution in [3.05, 3.63) is 17.0 Å². The number of sulfone groups is 1. The van der Waals surface area contributed by atoms with Gasteiger partial charge in [-0.15, -0.1) is 0 Å². The van der Waals surface area contributed by atoms with Crippen LogP contribution in [-0.2, 0) is 25.9 Å². The van der Waals surface area contributed by atoms with Gasteiger partial charge in [-0.2, -0.15) is 5.10 Å². The first-order valence-corrected chi connectivity index (χ1v) is 8.03. The highest BCUT2D eigenvalue weighted by Crippen LogP contribution is 2.24. The summed E-state index contributed by atoms with van der Waals surface area (Å²) in [5.41, 5.74) is 2.34. The molecule has 0 bridgehead atoms. The van der Waals surface area contributed by atoms with Gasteiger partial charge in [-0.3, -0.25) is 9.48 Å². The Bertz CT molecular complexity index is 575. The smallest absolute Gasteiger partial charge is 0.312 e. The van der Waals surface area contributed by atoms with E-state index in [4.69, 9.17) is 4.74 Å². The molecule has 0 saturated carbocycles. The molecular formula is C12H20N2O4S. The largest absolute Gasteiger partial charge is 0.469 e. The molecular weight excluding hydrogens is 268 g/mol. The Kier molecular flexibility index (Phi) is 4.73. The second kappa shape index (κ2) is 5.73. The summed E-state index contributed by atoms with van der Waals surface area (Å²) in [5.74, 6) is -0.702. The molecule has 1 heterocycles. The third-order valence-electron chi connectivity index (χ3n) is 3.10. The van der Waals surface area contributed by atoms with Gasteiger partial charge in [-0.1, -0.05) is 0 Å². The summed E-state index contributed by atoms with van der Waals surface area (Å²) in [6.45, 7) is 5.68. The number of carbonyl (C=O) groups excluding carboxylic acids is 1. The minimum absolute atomic E-state index is 0.0288. The molecule has 0 radical (unpaired) electrons. The van der Waals surface area contributed by atoms with Crippen molar-refractivity contribution in [2.45, 2.75) is 33.2 Å². The van der Waals surface area contributed by atoms with Gasteiger partial charge < -0.3 is 4.74 Å². The van der Waals surface area contributed by atoms with E-state index in [0.29, 0.717) is 6.54 Å². The molecule has 0 aromatic carbocycles. The highest BCUT2D eigenvalue weighted by Gasteiger charge is 2.24. The topological polar surface area (TPSA) is 78.3 Å². The SMILES string of the molecule is COC(=O)C(C)c1c(C)nn(CCS(C)(=O)=O)c1C. The Morgan fingerprint density at radius 3 is 2.47 bits per heavy atom. The van der Waals surface area contributed by atoms with Crippen molar-refractivity contribution < 1.29 is 17.9 Å². The Labute approximate surface area is 113 Å². The van der Waals surface area contributed by atoms with E-state index in [2.05, 4.69) is 5.10 Å². The number of rotatable bonds is 5. The molecule has 0 saturated heterocycles. The van der Waals surface area contributed by atoms with Crippen LogP contribution in [0.5, 0.6) is 0 Å². The van der Waals surface area contributed by atoms with Gasteiger partial charge >= 0.3 is 5.97 Å². The van der Waals surface area contributed by atoms with Crippen molar-refractivity contribution in [3.63, 3.8) is 0 Å². The zero-order chi connectivity index (χ0) is 14.8. The Morgan fingerprint density at radius 2 is 2.00 bits per heavy atom. The van der Waals surface area contributed by atoms with E-state index in [-0.39, 0.29) is 11.7 Å². The lowest BCUT2D eigenvalue weighted by Gasteiger charge is -2.10. The van der Waals surface area contributed by atoms with Gasteiger partial charge in [-0.25, -0.2) is 8.42 Å². The summed E-state index contributed by atoms with van der Waals surface area (Å²) in [5, 5.41) is 4.30. The Hall–Kier alpha value is -1.37. The predicted molar refractivity (Wildman–Crippen MR) is 71.8 cm³/mol. The van der Waals surface area contributed by atoms with E-state index in [9.17, 15) is 13.2 Å². The number of hydrogen-bond acceptors (Lipinski definition) is 5. The van der Waals surface area contributed by atoms with Crippen LogP contribution in [0.4, 0.5) is 0 Å². The third kappa shape index (κ3) is 3.79. The van der Waals surface area contributed by atoms with E-state index >= 15 is 0 Å². The zero-order valence-electron chi connectivity index (χ0n) is 11.9. The molecule has 1 rings (SSSR count). The lowest BCUT2D eigenvalue weighted by atomic mass is 9.99. The number of aromatic nitrogens is 2. The summed E-state index contributed by atoms with van der Waals surface area (Å²) >= 11 is 0. The molecule has 1 atom stereocenters. The lowest BCUT2D eigenvalue weighted by Crippen LogP contribution is -2.15. The quantitative estimate of drug-likeness (QED) is 0.750. The Balaban J connectivity index is 3.04. The normalized spacial score (nSPS) is 13.3. The molecule has 0 N–H and O–H groups in total. The molecule has 6 nitrogen and oxygen atoms in total. The molecule has 7 heteroatoms. The highest BCUT2D eigenvalue weighted by atomic mass is 32.2. The number of ether oxygens (including phenoxy) is 1. The van der Waals surface area contributed by atoms with Crippen LogP contribution in [0.2, 0.25) is 0 Å². The maximum Gasteiger partial charge on any atom is 0.312 e. The van der Waals surface area contributed by atoms with Crippen LogP contribution in [-0.4, -0.2) is 43.3 Å².